The first-order valence-corrected chi connectivity index (χ1v) is 6.95. The Balaban J connectivity index is 2.31. The van der Waals surface area contributed by atoms with Crippen LogP contribution in [0.25, 0.3) is 0 Å². The molecule has 0 radical (unpaired) electrons. The van der Waals surface area contributed by atoms with Crippen molar-refractivity contribution in [2.24, 2.45) is 0 Å². The Labute approximate surface area is 120 Å². The highest BCUT2D eigenvalue weighted by molar-refractivity contribution is 7.07. The average Bonchev–Trinajstić information content (AvgIpc) is 2.90. The second-order valence-electron chi connectivity index (χ2n) is 4.50. The number of carbonyl (C=O) groups excluding carboxylic acids is 1. The molecule has 0 saturated heterocycles. The van der Waals surface area contributed by atoms with E-state index in [-0.39, 0.29) is 17.0 Å². The third kappa shape index (κ3) is 3.03. The zero-order valence-electron chi connectivity index (χ0n) is 11.2. The molecule has 5 nitrogen and oxygen atoms in total. The molecule has 6 heteroatoms. The van der Waals surface area contributed by atoms with Crippen molar-refractivity contribution in [1.29, 1.82) is 0 Å². The van der Waals surface area contributed by atoms with Gasteiger partial charge in [-0.25, -0.2) is 0 Å². The fraction of sp³-hybridized carbons (Fsp3) is 0.214. The molecule has 2 rings (SSSR count). The first kappa shape index (κ1) is 14.2. The molecule has 104 valence electrons. The number of Topliss-reactive ketones (excluding diaryl/α,β-unsaturated/α-hetero) is 1. The van der Waals surface area contributed by atoms with Gasteiger partial charge in [-0.15, -0.1) is 0 Å². The molecule has 1 heterocycles. The number of thiophene rings is 1. The van der Waals surface area contributed by atoms with E-state index < -0.39 is 4.92 Å². The van der Waals surface area contributed by atoms with Crippen LogP contribution in [-0.4, -0.2) is 17.8 Å². The summed E-state index contributed by atoms with van der Waals surface area (Å²) in [6, 6.07) is 6.65. The molecule has 1 aromatic carbocycles. The lowest BCUT2D eigenvalue weighted by atomic mass is 10.1. The highest BCUT2D eigenvalue weighted by Crippen LogP contribution is 2.26. The van der Waals surface area contributed by atoms with Gasteiger partial charge in [-0.1, -0.05) is 0 Å². The predicted octanol–water partition coefficient (Wildman–Crippen LogP) is 3.50. The highest BCUT2D eigenvalue weighted by atomic mass is 32.1. The van der Waals surface area contributed by atoms with Crippen molar-refractivity contribution in [3.63, 3.8) is 0 Å². The summed E-state index contributed by atoms with van der Waals surface area (Å²) in [5, 5.41) is 15.0. The van der Waals surface area contributed by atoms with Crippen LogP contribution >= 0.6 is 11.3 Å². The number of benzene rings is 1. The Morgan fingerprint density at radius 2 is 2.15 bits per heavy atom. The predicted molar refractivity (Wildman–Crippen MR) is 79.5 cm³/mol. The molecular weight excluding hydrogens is 276 g/mol. The van der Waals surface area contributed by atoms with Crippen LogP contribution in [0.1, 0.15) is 22.8 Å². The van der Waals surface area contributed by atoms with Crippen LogP contribution in [0.3, 0.4) is 0 Å². The lowest BCUT2D eigenvalue weighted by molar-refractivity contribution is -0.385. The van der Waals surface area contributed by atoms with Gasteiger partial charge in [-0.05, 0) is 41.4 Å². The molecule has 0 unspecified atom stereocenters. The summed E-state index contributed by atoms with van der Waals surface area (Å²) in [5.74, 6) is -0.303. The fourth-order valence-corrected chi connectivity index (χ4v) is 2.61. The van der Waals surface area contributed by atoms with Gasteiger partial charge >= 0.3 is 0 Å². The molecular formula is C14H14N2O3S. The minimum absolute atomic E-state index is 0.143. The quantitative estimate of drug-likeness (QED) is 0.480. The van der Waals surface area contributed by atoms with Gasteiger partial charge in [0, 0.05) is 25.3 Å². The first-order valence-electron chi connectivity index (χ1n) is 6.00. The molecule has 0 saturated carbocycles. The number of nitrogens with zero attached hydrogens (tertiary/aromatic N) is 2. The van der Waals surface area contributed by atoms with Crippen LogP contribution < -0.4 is 4.90 Å². The normalized spacial score (nSPS) is 10.3. The number of hydrogen-bond donors (Lipinski definition) is 0. The smallest absolute Gasteiger partial charge is 0.280 e. The molecule has 0 aliphatic carbocycles. The van der Waals surface area contributed by atoms with E-state index >= 15 is 0 Å². The average molecular weight is 290 g/mol. The summed E-state index contributed by atoms with van der Waals surface area (Å²) < 4.78 is 0. The number of ketones is 1. The van der Waals surface area contributed by atoms with E-state index in [0.717, 1.165) is 5.69 Å². The molecule has 0 spiro atoms. The summed E-state index contributed by atoms with van der Waals surface area (Å²) in [4.78, 5) is 23.9. The van der Waals surface area contributed by atoms with E-state index in [1.54, 1.807) is 23.5 Å². The maximum Gasteiger partial charge on any atom is 0.280 e. The molecule has 0 atom stereocenters. The topological polar surface area (TPSA) is 63.5 Å². The minimum atomic E-state index is -0.528. The molecule has 0 fully saturated rings. The van der Waals surface area contributed by atoms with Gasteiger partial charge < -0.3 is 4.90 Å². The summed E-state index contributed by atoms with van der Waals surface area (Å²) >= 11 is 1.62. The number of hydrogen-bond acceptors (Lipinski definition) is 5. The van der Waals surface area contributed by atoms with Crippen LogP contribution in [0.4, 0.5) is 11.4 Å². The van der Waals surface area contributed by atoms with Crippen molar-refractivity contribution in [2.75, 3.05) is 11.9 Å². The Hall–Kier alpha value is -2.21. The SMILES string of the molecule is CC(=O)c1cc(N(C)Cc2ccsc2)ccc1[N+](=O)[O-]. The van der Waals surface area contributed by atoms with Crippen molar-refractivity contribution in [1.82, 2.24) is 0 Å². The highest BCUT2D eigenvalue weighted by Gasteiger charge is 2.18. The van der Waals surface area contributed by atoms with E-state index in [9.17, 15) is 14.9 Å². The van der Waals surface area contributed by atoms with Crippen molar-refractivity contribution in [3.8, 4) is 0 Å². The lowest BCUT2D eigenvalue weighted by Gasteiger charge is -2.19. The van der Waals surface area contributed by atoms with Crippen molar-refractivity contribution >= 4 is 28.5 Å². The zero-order valence-corrected chi connectivity index (χ0v) is 12.0. The molecule has 0 aliphatic rings. The van der Waals surface area contributed by atoms with E-state index in [2.05, 4.69) is 0 Å². The molecule has 0 aliphatic heterocycles. The zero-order chi connectivity index (χ0) is 14.7. The second-order valence-corrected chi connectivity index (χ2v) is 5.28. The molecule has 1 aromatic heterocycles. The Morgan fingerprint density at radius 3 is 2.70 bits per heavy atom. The Morgan fingerprint density at radius 1 is 1.40 bits per heavy atom. The van der Waals surface area contributed by atoms with Gasteiger partial charge in [0.05, 0.1) is 10.5 Å². The largest absolute Gasteiger partial charge is 0.370 e. The fourth-order valence-electron chi connectivity index (χ4n) is 1.95. The van der Waals surface area contributed by atoms with Crippen molar-refractivity contribution in [2.45, 2.75) is 13.5 Å². The summed E-state index contributed by atoms with van der Waals surface area (Å²) in [7, 11) is 1.89. The molecule has 2 aromatic rings. The van der Waals surface area contributed by atoms with Crippen LogP contribution in [0, 0.1) is 10.1 Å². The van der Waals surface area contributed by atoms with E-state index in [0.29, 0.717) is 6.54 Å². The third-order valence-corrected chi connectivity index (χ3v) is 3.73. The van der Waals surface area contributed by atoms with Gasteiger partial charge in [-0.2, -0.15) is 11.3 Å². The summed E-state index contributed by atoms with van der Waals surface area (Å²) in [5.41, 5.74) is 1.95. The summed E-state index contributed by atoms with van der Waals surface area (Å²) in [6.45, 7) is 2.03. The molecule has 20 heavy (non-hydrogen) atoms. The third-order valence-electron chi connectivity index (χ3n) is 3.00. The number of nitro groups is 1. The van der Waals surface area contributed by atoms with E-state index in [1.165, 1.54) is 18.6 Å². The second kappa shape index (κ2) is 5.83. The Kier molecular flexibility index (Phi) is 4.14. The van der Waals surface area contributed by atoms with Crippen molar-refractivity contribution in [3.05, 3.63) is 56.3 Å². The molecule has 0 N–H and O–H groups in total. The summed E-state index contributed by atoms with van der Waals surface area (Å²) in [6.07, 6.45) is 0. The maximum atomic E-state index is 11.5. The first-order chi connectivity index (χ1) is 9.49. The maximum absolute atomic E-state index is 11.5. The van der Waals surface area contributed by atoms with E-state index in [4.69, 9.17) is 0 Å². The standard InChI is InChI=1S/C14H14N2O3S/c1-10(17)13-7-12(3-4-14(13)16(18)19)15(2)8-11-5-6-20-9-11/h3-7,9H,8H2,1-2H3. The van der Waals surface area contributed by atoms with Crippen LogP contribution in [0.2, 0.25) is 0 Å². The van der Waals surface area contributed by atoms with E-state index in [1.807, 2.05) is 28.8 Å². The number of nitro benzene ring substituents is 1. The Bertz CT molecular complexity index is 638. The number of rotatable bonds is 5. The van der Waals surface area contributed by atoms with Crippen LogP contribution in [-0.2, 0) is 6.54 Å². The van der Waals surface area contributed by atoms with Gasteiger partial charge in [0.1, 0.15) is 0 Å². The van der Waals surface area contributed by atoms with Crippen LogP contribution in [0.5, 0.6) is 0 Å². The number of carbonyl (C=O) groups is 1. The minimum Gasteiger partial charge on any atom is -0.370 e. The van der Waals surface area contributed by atoms with Gasteiger partial charge in [0.15, 0.2) is 5.78 Å². The molecule has 0 amide bonds. The van der Waals surface area contributed by atoms with Crippen molar-refractivity contribution < 1.29 is 9.72 Å². The van der Waals surface area contributed by atoms with Gasteiger partial charge in [0.2, 0.25) is 0 Å². The van der Waals surface area contributed by atoms with Gasteiger partial charge in [-0.3, -0.25) is 14.9 Å². The lowest BCUT2D eigenvalue weighted by Crippen LogP contribution is -2.16. The van der Waals surface area contributed by atoms with Crippen LogP contribution in [0.15, 0.2) is 35.0 Å². The molecule has 0 bridgehead atoms. The van der Waals surface area contributed by atoms with Gasteiger partial charge in [0.25, 0.3) is 5.69 Å². The monoisotopic (exact) mass is 290 g/mol. The number of anilines is 1.